The van der Waals surface area contributed by atoms with E-state index in [9.17, 15) is 4.79 Å². The molecule has 0 aliphatic heterocycles. The third kappa shape index (κ3) is 3.15. The van der Waals surface area contributed by atoms with Crippen LogP contribution in [0.3, 0.4) is 0 Å². The number of nitrogens with one attached hydrogen (secondary N) is 1. The summed E-state index contributed by atoms with van der Waals surface area (Å²) in [6.07, 6.45) is 5.22. The fraction of sp³-hybridized carbons (Fsp3) is 0.0667. The molecule has 3 rings (SSSR count). The van der Waals surface area contributed by atoms with Crippen molar-refractivity contribution in [3.05, 3.63) is 54.4 Å². The van der Waals surface area contributed by atoms with E-state index in [-0.39, 0.29) is 11.9 Å². The second kappa shape index (κ2) is 6.40. The average molecular weight is 312 g/mol. The molecule has 0 saturated carbocycles. The van der Waals surface area contributed by atoms with Crippen molar-refractivity contribution < 1.29 is 9.21 Å². The first-order valence-corrected chi connectivity index (χ1v) is 7.68. The van der Waals surface area contributed by atoms with E-state index < -0.39 is 0 Å². The second-order valence-electron chi connectivity index (χ2n) is 4.33. The molecule has 0 saturated heterocycles. The number of benzene rings is 1. The van der Waals surface area contributed by atoms with Crippen LogP contribution in [0.2, 0.25) is 0 Å². The van der Waals surface area contributed by atoms with Crippen molar-refractivity contribution in [2.45, 2.75) is 4.90 Å². The fourth-order valence-corrected chi connectivity index (χ4v) is 2.28. The van der Waals surface area contributed by atoms with Gasteiger partial charge in [0.15, 0.2) is 0 Å². The van der Waals surface area contributed by atoms with Gasteiger partial charge in [-0.1, -0.05) is 11.2 Å². The summed E-state index contributed by atoms with van der Waals surface area (Å²) < 4.78 is 5.43. The van der Waals surface area contributed by atoms with E-state index in [2.05, 4.69) is 20.5 Å². The van der Waals surface area contributed by atoms with E-state index >= 15 is 0 Å². The van der Waals surface area contributed by atoms with Gasteiger partial charge in [-0.25, -0.2) is 0 Å². The lowest BCUT2D eigenvalue weighted by molar-refractivity contribution is 0.102. The Labute approximate surface area is 131 Å². The first-order chi connectivity index (χ1) is 10.8. The van der Waals surface area contributed by atoms with E-state index in [0.29, 0.717) is 11.5 Å². The molecule has 0 fully saturated rings. The first kappa shape index (κ1) is 14.3. The SMILES string of the molecule is CSc1cccc(C(=O)Nc2nnc(-c3ccncc3)o2)c1. The topological polar surface area (TPSA) is 80.9 Å². The van der Waals surface area contributed by atoms with Crippen LogP contribution in [0.1, 0.15) is 10.4 Å². The second-order valence-corrected chi connectivity index (χ2v) is 5.21. The molecule has 1 amide bonds. The van der Waals surface area contributed by atoms with E-state index in [0.717, 1.165) is 10.5 Å². The van der Waals surface area contributed by atoms with E-state index in [4.69, 9.17) is 4.42 Å². The van der Waals surface area contributed by atoms with Crippen molar-refractivity contribution in [1.29, 1.82) is 0 Å². The summed E-state index contributed by atoms with van der Waals surface area (Å²) >= 11 is 1.57. The van der Waals surface area contributed by atoms with E-state index in [1.54, 1.807) is 48.4 Å². The molecule has 0 spiro atoms. The minimum absolute atomic E-state index is 0.0615. The average Bonchev–Trinajstić information content (AvgIpc) is 3.04. The molecular weight excluding hydrogens is 300 g/mol. The summed E-state index contributed by atoms with van der Waals surface area (Å²) in [5, 5.41) is 10.3. The number of aromatic nitrogens is 3. The Balaban J connectivity index is 1.76. The van der Waals surface area contributed by atoms with Gasteiger partial charge in [-0.15, -0.1) is 16.9 Å². The molecule has 2 heterocycles. The van der Waals surface area contributed by atoms with Gasteiger partial charge < -0.3 is 4.42 Å². The van der Waals surface area contributed by atoms with Crippen molar-refractivity contribution in [2.75, 3.05) is 11.6 Å². The van der Waals surface area contributed by atoms with E-state index in [1.165, 1.54) is 0 Å². The maximum atomic E-state index is 12.2. The molecule has 0 atom stereocenters. The number of amides is 1. The maximum absolute atomic E-state index is 12.2. The fourth-order valence-electron chi connectivity index (χ4n) is 1.82. The van der Waals surface area contributed by atoms with Crippen molar-refractivity contribution in [1.82, 2.24) is 15.2 Å². The zero-order valence-corrected chi connectivity index (χ0v) is 12.5. The molecule has 3 aromatic rings. The quantitative estimate of drug-likeness (QED) is 0.746. The van der Waals surface area contributed by atoms with Crippen LogP contribution < -0.4 is 5.32 Å². The molecule has 0 radical (unpaired) electrons. The summed E-state index contributed by atoms with van der Waals surface area (Å²) in [5.74, 6) is 0.0383. The van der Waals surface area contributed by atoms with Gasteiger partial charge in [-0.05, 0) is 36.6 Å². The summed E-state index contributed by atoms with van der Waals surface area (Å²) in [4.78, 5) is 17.1. The number of pyridine rings is 1. The number of nitrogens with zero attached hydrogens (tertiary/aromatic N) is 3. The molecule has 0 unspecified atom stereocenters. The minimum atomic E-state index is -0.291. The predicted octanol–water partition coefficient (Wildman–Crippen LogP) is 3.11. The monoisotopic (exact) mass is 312 g/mol. The van der Waals surface area contributed by atoms with Gasteiger partial charge in [0.2, 0.25) is 5.89 Å². The van der Waals surface area contributed by atoms with Crippen molar-refractivity contribution in [2.24, 2.45) is 0 Å². The molecule has 110 valence electrons. The highest BCUT2D eigenvalue weighted by Crippen LogP contribution is 2.20. The highest BCUT2D eigenvalue weighted by atomic mass is 32.2. The third-order valence-electron chi connectivity index (χ3n) is 2.90. The van der Waals surface area contributed by atoms with Crippen LogP contribution >= 0.6 is 11.8 Å². The molecular formula is C15H12N4O2S. The minimum Gasteiger partial charge on any atom is -0.403 e. The predicted molar refractivity (Wildman–Crippen MR) is 83.7 cm³/mol. The molecule has 0 aliphatic carbocycles. The molecule has 22 heavy (non-hydrogen) atoms. The van der Waals surface area contributed by atoms with Crippen LogP contribution in [0.25, 0.3) is 11.5 Å². The van der Waals surface area contributed by atoms with Crippen LogP contribution in [-0.2, 0) is 0 Å². The standard InChI is InChI=1S/C15H12N4O2S/c1-22-12-4-2-3-11(9-12)13(20)17-15-19-18-14(21-15)10-5-7-16-8-6-10/h2-9H,1H3,(H,17,19,20). The zero-order valence-electron chi connectivity index (χ0n) is 11.7. The molecule has 0 bridgehead atoms. The molecule has 2 aromatic heterocycles. The van der Waals surface area contributed by atoms with Crippen molar-refractivity contribution >= 4 is 23.7 Å². The molecule has 7 heteroatoms. The molecule has 1 aromatic carbocycles. The van der Waals surface area contributed by atoms with Gasteiger partial charge in [-0.3, -0.25) is 15.1 Å². The van der Waals surface area contributed by atoms with Crippen LogP contribution in [0, 0.1) is 0 Å². The lowest BCUT2D eigenvalue weighted by Crippen LogP contribution is -2.12. The van der Waals surface area contributed by atoms with Crippen LogP contribution in [0.5, 0.6) is 0 Å². The number of hydrogen-bond acceptors (Lipinski definition) is 6. The van der Waals surface area contributed by atoms with Gasteiger partial charge >= 0.3 is 6.01 Å². The van der Waals surface area contributed by atoms with Gasteiger partial charge in [0.05, 0.1) is 0 Å². The molecule has 6 nitrogen and oxygen atoms in total. The number of anilines is 1. The Bertz CT molecular complexity index is 789. The Morgan fingerprint density at radius 2 is 2.00 bits per heavy atom. The number of rotatable bonds is 4. The summed E-state index contributed by atoms with van der Waals surface area (Å²) in [7, 11) is 0. The maximum Gasteiger partial charge on any atom is 0.322 e. The number of hydrogen-bond donors (Lipinski definition) is 1. The molecule has 1 N–H and O–H groups in total. The van der Waals surface area contributed by atoms with Gasteiger partial charge in [0.25, 0.3) is 5.91 Å². The number of carbonyl (C=O) groups is 1. The first-order valence-electron chi connectivity index (χ1n) is 6.45. The van der Waals surface area contributed by atoms with Crippen molar-refractivity contribution in [3.8, 4) is 11.5 Å². The third-order valence-corrected chi connectivity index (χ3v) is 3.63. The summed E-state index contributed by atoms with van der Waals surface area (Å²) in [6.45, 7) is 0. The summed E-state index contributed by atoms with van der Waals surface area (Å²) in [6, 6.07) is 10.9. The zero-order chi connectivity index (χ0) is 15.4. The van der Waals surface area contributed by atoms with Gasteiger partial charge in [-0.2, -0.15) is 0 Å². The lowest BCUT2D eigenvalue weighted by atomic mass is 10.2. The Kier molecular flexibility index (Phi) is 4.15. The number of carbonyl (C=O) groups excluding carboxylic acids is 1. The Morgan fingerprint density at radius 1 is 1.18 bits per heavy atom. The van der Waals surface area contributed by atoms with Crippen LogP contribution in [-0.4, -0.2) is 27.3 Å². The highest BCUT2D eigenvalue weighted by Gasteiger charge is 2.12. The van der Waals surface area contributed by atoms with Crippen LogP contribution in [0.15, 0.2) is 58.1 Å². The lowest BCUT2D eigenvalue weighted by Gasteiger charge is -2.02. The Morgan fingerprint density at radius 3 is 2.77 bits per heavy atom. The normalized spacial score (nSPS) is 10.4. The van der Waals surface area contributed by atoms with Gasteiger partial charge in [0, 0.05) is 28.4 Å². The smallest absolute Gasteiger partial charge is 0.322 e. The number of thioether (sulfide) groups is 1. The largest absolute Gasteiger partial charge is 0.403 e. The van der Waals surface area contributed by atoms with Crippen LogP contribution in [0.4, 0.5) is 6.01 Å². The van der Waals surface area contributed by atoms with E-state index in [1.807, 2.05) is 18.4 Å². The molecule has 0 aliphatic rings. The highest BCUT2D eigenvalue weighted by molar-refractivity contribution is 7.98. The Hall–Kier alpha value is -2.67. The van der Waals surface area contributed by atoms with Gasteiger partial charge in [0.1, 0.15) is 0 Å². The van der Waals surface area contributed by atoms with Crippen molar-refractivity contribution in [3.63, 3.8) is 0 Å². The summed E-state index contributed by atoms with van der Waals surface area (Å²) in [5.41, 5.74) is 1.28.